The molecule has 0 bridgehead atoms. The van der Waals surface area contributed by atoms with Crippen molar-refractivity contribution in [1.82, 2.24) is 20.0 Å². The Balaban J connectivity index is 2.32. The van der Waals surface area contributed by atoms with Crippen LogP contribution in [0.5, 0.6) is 0 Å². The minimum atomic E-state index is 0.266. The second-order valence-electron chi connectivity index (χ2n) is 4.61. The minimum absolute atomic E-state index is 0.266. The van der Waals surface area contributed by atoms with E-state index >= 15 is 0 Å². The van der Waals surface area contributed by atoms with Crippen LogP contribution in [0.1, 0.15) is 11.7 Å². The quantitative estimate of drug-likeness (QED) is 0.869. The van der Waals surface area contributed by atoms with Crippen LogP contribution in [0.4, 0.5) is 0 Å². The molecule has 0 aliphatic carbocycles. The lowest BCUT2D eigenvalue weighted by molar-refractivity contribution is 0.346. The van der Waals surface area contributed by atoms with Crippen molar-refractivity contribution >= 4 is 0 Å². The van der Waals surface area contributed by atoms with E-state index in [4.69, 9.17) is 0 Å². The van der Waals surface area contributed by atoms with E-state index in [9.17, 15) is 0 Å². The first kappa shape index (κ1) is 12.8. The zero-order chi connectivity index (χ0) is 13.0. The SMILES string of the molecule is CNC(CN(C)C)c1ccnn1-c1ccccc1. The zero-order valence-electron chi connectivity index (χ0n) is 11.2. The summed E-state index contributed by atoms with van der Waals surface area (Å²) in [5.41, 5.74) is 2.27. The number of nitrogens with zero attached hydrogens (tertiary/aromatic N) is 3. The van der Waals surface area contributed by atoms with Gasteiger partial charge in [0.1, 0.15) is 0 Å². The Morgan fingerprint density at radius 2 is 1.94 bits per heavy atom. The standard InChI is InChI=1S/C14H20N4/c1-15-13(11-17(2)3)14-9-10-16-18(14)12-7-5-4-6-8-12/h4-10,13,15H,11H2,1-3H3. The van der Waals surface area contributed by atoms with E-state index in [-0.39, 0.29) is 6.04 Å². The van der Waals surface area contributed by atoms with Crippen LogP contribution in [0.2, 0.25) is 0 Å². The number of aromatic nitrogens is 2. The van der Waals surface area contributed by atoms with Crippen LogP contribution < -0.4 is 5.32 Å². The number of hydrogen-bond donors (Lipinski definition) is 1. The molecule has 0 saturated heterocycles. The molecule has 2 aromatic rings. The van der Waals surface area contributed by atoms with Crippen LogP contribution in [0.15, 0.2) is 42.6 Å². The molecule has 0 amide bonds. The minimum Gasteiger partial charge on any atom is -0.311 e. The maximum atomic E-state index is 4.42. The third-order valence-corrected chi connectivity index (χ3v) is 2.93. The summed E-state index contributed by atoms with van der Waals surface area (Å²) in [5.74, 6) is 0. The summed E-state index contributed by atoms with van der Waals surface area (Å²) in [7, 11) is 6.14. The molecule has 0 aliphatic heterocycles. The van der Waals surface area contributed by atoms with Crippen molar-refractivity contribution in [2.24, 2.45) is 0 Å². The zero-order valence-corrected chi connectivity index (χ0v) is 11.2. The van der Waals surface area contributed by atoms with Crippen LogP contribution in [0, 0.1) is 0 Å². The largest absolute Gasteiger partial charge is 0.311 e. The van der Waals surface area contributed by atoms with Gasteiger partial charge >= 0.3 is 0 Å². The number of rotatable bonds is 5. The van der Waals surface area contributed by atoms with Gasteiger partial charge in [-0.1, -0.05) is 18.2 Å². The predicted molar refractivity (Wildman–Crippen MR) is 73.9 cm³/mol. The van der Waals surface area contributed by atoms with Crippen LogP contribution in [0.25, 0.3) is 5.69 Å². The first-order valence-corrected chi connectivity index (χ1v) is 6.13. The number of para-hydroxylation sites is 1. The highest BCUT2D eigenvalue weighted by atomic mass is 15.3. The molecule has 0 fully saturated rings. The second-order valence-corrected chi connectivity index (χ2v) is 4.61. The smallest absolute Gasteiger partial charge is 0.0649 e. The molecule has 1 aromatic heterocycles. The van der Waals surface area contributed by atoms with Crippen molar-refractivity contribution in [2.75, 3.05) is 27.7 Å². The molecule has 2 rings (SSSR count). The number of nitrogens with one attached hydrogen (secondary N) is 1. The Hall–Kier alpha value is -1.65. The molecule has 1 N–H and O–H groups in total. The summed E-state index contributed by atoms with van der Waals surface area (Å²) < 4.78 is 1.99. The Bertz CT molecular complexity index is 476. The molecule has 1 atom stereocenters. The fourth-order valence-electron chi connectivity index (χ4n) is 2.06. The molecule has 96 valence electrons. The van der Waals surface area contributed by atoms with Crippen LogP contribution in [0.3, 0.4) is 0 Å². The Kier molecular flexibility index (Phi) is 4.12. The van der Waals surface area contributed by atoms with Gasteiger partial charge in [-0.05, 0) is 39.3 Å². The number of likely N-dealkylation sites (N-methyl/N-ethyl adjacent to an activating group) is 2. The van der Waals surface area contributed by atoms with E-state index in [1.807, 2.05) is 36.1 Å². The predicted octanol–water partition coefficient (Wildman–Crippen LogP) is 1.69. The molecule has 1 heterocycles. The highest BCUT2D eigenvalue weighted by Gasteiger charge is 2.15. The van der Waals surface area contributed by atoms with Crippen molar-refractivity contribution < 1.29 is 0 Å². The second kappa shape index (κ2) is 5.80. The Morgan fingerprint density at radius 1 is 1.22 bits per heavy atom. The summed E-state index contributed by atoms with van der Waals surface area (Å²) in [6, 6.07) is 12.5. The molecule has 0 spiro atoms. The van der Waals surface area contributed by atoms with E-state index in [1.165, 1.54) is 5.69 Å². The van der Waals surface area contributed by atoms with Gasteiger partial charge in [0.05, 0.1) is 17.4 Å². The highest BCUT2D eigenvalue weighted by molar-refractivity contribution is 5.33. The van der Waals surface area contributed by atoms with Gasteiger partial charge in [-0.2, -0.15) is 5.10 Å². The fourth-order valence-corrected chi connectivity index (χ4v) is 2.06. The highest BCUT2D eigenvalue weighted by Crippen LogP contribution is 2.17. The van der Waals surface area contributed by atoms with Gasteiger partial charge in [-0.3, -0.25) is 0 Å². The molecule has 1 unspecified atom stereocenters. The molecule has 4 nitrogen and oxygen atoms in total. The molecule has 18 heavy (non-hydrogen) atoms. The third-order valence-electron chi connectivity index (χ3n) is 2.93. The molecular weight excluding hydrogens is 224 g/mol. The molecule has 0 saturated carbocycles. The van der Waals surface area contributed by atoms with Gasteiger partial charge in [-0.15, -0.1) is 0 Å². The summed E-state index contributed by atoms with van der Waals surface area (Å²) in [6.07, 6.45) is 1.85. The Labute approximate surface area is 108 Å². The summed E-state index contributed by atoms with van der Waals surface area (Å²) in [6.45, 7) is 0.940. The van der Waals surface area contributed by atoms with Gasteiger partial charge in [0.15, 0.2) is 0 Å². The average molecular weight is 244 g/mol. The average Bonchev–Trinajstić information content (AvgIpc) is 2.86. The van der Waals surface area contributed by atoms with E-state index in [1.54, 1.807) is 0 Å². The molecule has 4 heteroatoms. The van der Waals surface area contributed by atoms with Gasteiger partial charge in [0, 0.05) is 12.7 Å². The monoisotopic (exact) mass is 244 g/mol. The summed E-state index contributed by atoms with van der Waals surface area (Å²) in [4.78, 5) is 2.17. The lowest BCUT2D eigenvalue weighted by Crippen LogP contribution is -2.30. The Morgan fingerprint density at radius 3 is 2.56 bits per heavy atom. The lowest BCUT2D eigenvalue weighted by Gasteiger charge is -2.21. The van der Waals surface area contributed by atoms with Crippen LogP contribution in [-0.4, -0.2) is 42.4 Å². The first-order valence-electron chi connectivity index (χ1n) is 6.13. The van der Waals surface area contributed by atoms with E-state index in [0.717, 1.165) is 12.2 Å². The summed E-state index contributed by atoms with van der Waals surface area (Å²) >= 11 is 0. The van der Waals surface area contributed by atoms with Crippen molar-refractivity contribution in [3.05, 3.63) is 48.3 Å². The van der Waals surface area contributed by atoms with Crippen LogP contribution >= 0.6 is 0 Å². The van der Waals surface area contributed by atoms with Crippen LogP contribution in [-0.2, 0) is 0 Å². The third kappa shape index (κ3) is 2.78. The van der Waals surface area contributed by atoms with Gasteiger partial charge in [0.25, 0.3) is 0 Å². The maximum absolute atomic E-state index is 4.42. The molecule has 0 radical (unpaired) electrons. The molecule has 1 aromatic carbocycles. The maximum Gasteiger partial charge on any atom is 0.0649 e. The number of hydrogen-bond acceptors (Lipinski definition) is 3. The van der Waals surface area contributed by atoms with E-state index in [0.29, 0.717) is 0 Å². The van der Waals surface area contributed by atoms with Gasteiger partial charge in [0.2, 0.25) is 0 Å². The first-order chi connectivity index (χ1) is 8.72. The topological polar surface area (TPSA) is 33.1 Å². The normalized spacial score (nSPS) is 12.9. The van der Waals surface area contributed by atoms with E-state index < -0.39 is 0 Å². The van der Waals surface area contributed by atoms with Crippen molar-refractivity contribution in [2.45, 2.75) is 6.04 Å². The lowest BCUT2D eigenvalue weighted by atomic mass is 10.2. The van der Waals surface area contributed by atoms with Crippen molar-refractivity contribution in [3.63, 3.8) is 0 Å². The van der Waals surface area contributed by atoms with Gasteiger partial charge < -0.3 is 10.2 Å². The fraction of sp³-hybridized carbons (Fsp3) is 0.357. The number of benzene rings is 1. The van der Waals surface area contributed by atoms with Crippen molar-refractivity contribution in [1.29, 1.82) is 0 Å². The van der Waals surface area contributed by atoms with E-state index in [2.05, 4.69) is 47.6 Å². The van der Waals surface area contributed by atoms with Gasteiger partial charge in [-0.25, -0.2) is 4.68 Å². The molecule has 0 aliphatic rings. The molecular formula is C14H20N4. The van der Waals surface area contributed by atoms with Crippen molar-refractivity contribution in [3.8, 4) is 5.69 Å². The summed E-state index contributed by atoms with van der Waals surface area (Å²) in [5, 5.41) is 7.76.